The molecule has 282 valence electrons. The fourth-order valence-corrected chi connectivity index (χ4v) is 6.60. The molecule has 1 heterocycles. The molecule has 1 aliphatic rings. The molecule has 0 aromatic rings. The molecule has 10 nitrogen and oxygen atoms in total. The van der Waals surface area contributed by atoms with Gasteiger partial charge in [-0.3, -0.25) is 14.4 Å². The predicted octanol–water partition coefficient (Wildman–Crippen LogP) is 7.01. The van der Waals surface area contributed by atoms with E-state index in [-0.39, 0.29) is 18.7 Å². The van der Waals surface area contributed by atoms with Gasteiger partial charge < -0.3 is 35.4 Å². The fraction of sp³-hybridized carbons (Fsp3) is 0.921. The van der Waals surface area contributed by atoms with Crippen LogP contribution in [0, 0.1) is 0 Å². The van der Waals surface area contributed by atoms with Crippen LogP contribution in [0.15, 0.2) is 0 Å². The number of nitrogens with zero attached hydrogens (tertiary/aromatic N) is 1. The van der Waals surface area contributed by atoms with Crippen LogP contribution in [0.4, 0.5) is 0 Å². The highest BCUT2D eigenvalue weighted by molar-refractivity contribution is 5.81. The van der Waals surface area contributed by atoms with E-state index in [4.69, 9.17) is 9.84 Å². The third-order valence-corrected chi connectivity index (χ3v) is 9.67. The Morgan fingerprint density at radius 2 is 1.04 bits per heavy atom. The smallest absolute Gasteiger partial charge is 0.303 e. The van der Waals surface area contributed by atoms with Crippen molar-refractivity contribution in [3.63, 3.8) is 0 Å². The van der Waals surface area contributed by atoms with E-state index in [1.807, 2.05) is 0 Å². The van der Waals surface area contributed by atoms with E-state index in [0.717, 1.165) is 51.4 Å². The van der Waals surface area contributed by atoms with Crippen molar-refractivity contribution in [2.45, 2.75) is 211 Å². The normalized spacial score (nSPS) is 20.9. The number of carboxylic acids is 1. The van der Waals surface area contributed by atoms with Gasteiger partial charge in [-0.2, -0.15) is 0 Å². The maximum Gasteiger partial charge on any atom is 0.303 e. The van der Waals surface area contributed by atoms with Crippen molar-refractivity contribution in [3.8, 4) is 0 Å². The van der Waals surface area contributed by atoms with Crippen molar-refractivity contribution in [2.24, 2.45) is 0 Å². The zero-order valence-corrected chi connectivity index (χ0v) is 30.6. The molecule has 0 radical (unpaired) electrons. The summed E-state index contributed by atoms with van der Waals surface area (Å²) in [5.74, 6) is -1.89. The average Bonchev–Trinajstić information content (AvgIpc) is 3.07. The van der Waals surface area contributed by atoms with Gasteiger partial charge in [-0.25, -0.2) is 0 Å². The first-order valence-corrected chi connectivity index (χ1v) is 19.7. The van der Waals surface area contributed by atoms with Crippen LogP contribution in [0.25, 0.3) is 0 Å². The van der Waals surface area contributed by atoms with Gasteiger partial charge in [0.05, 0.1) is 13.0 Å². The van der Waals surface area contributed by atoms with Crippen molar-refractivity contribution in [3.05, 3.63) is 0 Å². The van der Waals surface area contributed by atoms with Crippen LogP contribution in [0.1, 0.15) is 181 Å². The second-order valence-electron chi connectivity index (χ2n) is 14.0. The highest BCUT2D eigenvalue weighted by Crippen LogP contribution is 2.26. The lowest BCUT2D eigenvalue weighted by Gasteiger charge is -2.47. The first-order valence-electron chi connectivity index (χ1n) is 19.7. The first kappa shape index (κ1) is 44.3. The van der Waals surface area contributed by atoms with E-state index in [0.29, 0.717) is 13.0 Å². The van der Waals surface area contributed by atoms with Gasteiger partial charge in [-0.05, 0) is 12.8 Å². The van der Waals surface area contributed by atoms with Gasteiger partial charge >= 0.3 is 5.97 Å². The quantitative estimate of drug-likeness (QED) is 0.0489. The molecule has 0 spiro atoms. The highest BCUT2D eigenvalue weighted by atomic mass is 16.5. The topological polar surface area (TPSA) is 157 Å². The molecule has 0 aromatic carbocycles. The molecule has 10 heteroatoms. The van der Waals surface area contributed by atoms with Crippen LogP contribution >= 0.6 is 0 Å². The zero-order chi connectivity index (χ0) is 35.4. The number of unbranched alkanes of at least 4 members (excludes halogenated alkanes) is 21. The van der Waals surface area contributed by atoms with Crippen molar-refractivity contribution >= 4 is 17.8 Å². The summed E-state index contributed by atoms with van der Waals surface area (Å²) in [6.07, 6.45) is 21.4. The van der Waals surface area contributed by atoms with Crippen LogP contribution < -0.4 is 5.32 Å². The summed E-state index contributed by atoms with van der Waals surface area (Å²) in [5.41, 5.74) is 0. The van der Waals surface area contributed by atoms with Gasteiger partial charge in [-0.15, -0.1) is 0 Å². The molecule has 5 atom stereocenters. The van der Waals surface area contributed by atoms with Crippen molar-refractivity contribution in [1.82, 2.24) is 10.2 Å². The van der Waals surface area contributed by atoms with E-state index < -0.39 is 49.1 Å². The largest absolute Gasteiger partial charge is 0.481 e. The third-order valence-electron chi connectivity index (χ3n) is 9.67. The Morgan fingerprint density at radius 1 is 0.604 bits per heavy atom. The van der Waals surface area contributed by atoms with E-state index in [2.05, 4.69) is 19.2 Å². The highest BCUT2D eigenvalue weighted by Gasteiger charge is 2.48. The van der Waals surface area contributed by atoms with Crippen LogP contribution in [-0.2, 0) is 19.1 Å². The lowest BCUT2D eigenvalue weighted by Crippen LogP contribution is -2.68. The minimum absolute atomic E-state index is 0.149. The Labute approximate surface area is 291 Å². The van der Waals surface area contributed by atoms with Gasteiger partial charge in [0.1, 0.15) is 24.4 Å². The Kier molecular flexibility index (Phi) is 26.8. The maximum atomic E-state index is 13.7. The number of aliphatic hydroxyl groups excluding tert-OH is 3. The summed E-state index contributed by atoms with van der Waals surface area (Å²) >= 11 is 0. The summed E-state index contributed by atoms with van der Waals surface area (Å²) in [5, 5.41) is 43.1. The fourth-order valence-electron chi connectivity index (χ4n) is 6.60. The third kappa shape index (κ3) is 20.1. The average molecular weight is 685 g/mol. The van der Waals surface area contributed by atoms with E-state index in [1.165, 1.54) is 96.3 Å². The molecule has 1 rings (SSSR count). The monoisotopic (exact) mass is 685 g/mol. The Hall–Kier alpha value is -1.75. The van der Waals surface area contributed by atoms with Gasteiger partial charge in [0.25, 0.3) is 0 Å². The van der Waals surface area contributed by atoms with Crippen LogP contribution in [0.5, 0.6) is 0 Å². The molecule has 48 heavy (non-hydrogen) atoms. The second-order valence-corrected chi connectivity index (χ2v) is 14.0. The standard InChI is InChI=1S/C38H72N2O8/c1-3-5-7-9-11-13-15-17-19-21-23-25-29-40(33(43)26-24-22-20-18-16-14-12-10-8-6-4-2)38-35(39-32(42)27-28-34(44)45)37(47)36(46)31(30-41)48-38/h31,35-38,41,46-47H,3-30H2,1-2H3,(H,39,42)(H,44,45)/t31-,35-,36+,37-,38-/m1/s1. The molecule has 2 amide bonds. The number of aliphatic carboxylic acids is 1. The van der Waals surface area contributed by atoms with Crippen molar-refractivity contribution in [2.75, 3.05) is 13.2 Å². The van der Waals surface area contributed by atoms with E-state index in [1.54, 1.807) is 4.90 Å². The number of aliphatic hydroxyl groups is 3. The van der Waals surface area contributed by atoms with Crippen LogP contribution in [0.2, 0.25) is 0 Å². The Balaban J connectivity index is 2.75. The molecule has 1 fully saturated rings. The first-order chi connectivity index (χ1) is 23.3. The molecule has 0 aliphatic carbocycles. The molecule has 0 bridgehead atoms. The van der Waals surface area contributed by atoms with E-state index in [9.17, 15) is 29.7 Å². The van der Waals surface area contributed by atoms with E-state index >= 15 is 0 Å². The van der Waals surface area contributed by atoms with Gasteiger partial charge in [-0.1, -0.05) is 149 Å². The van der Waals surface area contributed by atoms with Crippen molar-refractivity contribution < 1.29 is 39.5 Å². The molecule has 1 saturated heterocycles. The molecule has 1 aliphatic heterocycles. The minimum atomic E-state index is -1.51. The van der Waals surface area contributed by atoms with Crippen molar-refractivity contribution in [1.29, 1.82) is 0 Å². The second kappa shape index (κ2) is 29.0. The summed E-state index contributed by atoms with van der Waals surface area (Å²) in [7, 11) is 0. The molecule has 0 aromatic heterocycles. The molecular formula is C38H72N2O8. The summed E-state index contributed by atoms with van der Waals surface area (Å²) < 4.78 is 6.02. The number of rotatable bonds is 31. The minimum Gasteiger partial charge on any atom is -0.481 e. The Bertz CT molecular complexity index is 829. The summed E-state index contributed by atoms with van der Waals surface area (Å²) in [6.45, 7) is 4.26. The number of nitrogens with one attached hydrogen (secondary N) is 1. The predicted molar refractivity (Wildman–Crippen MR) is 190 cm³/mol. The number of ether oxygens (including phenoxy) is 1. The number of hydrogen-bond donors (Lipinski definition) is 5. The SMILES string of the molecule is CCCCCCCCCCCCCCN(C(=O)CCCCCCCCCCCCC)[C@@H]1O[C@H](CO)[C@H](O)[C@H](O)[C@H]1NC(=O)CCC(=O)O. The Morgan fingerprint density at radius 3 is 1.48 bits per heavy atom. The molecule has 0 saturated carbocycles. The number of carbonyl (C=O) groups is 3. The molecule has 0 unspecified atom stereocenters. The van der Waals surface area contributed by atoms with Crippen LogP contribution in [0.3, 0.4) is 0 Å². The maximum absolute atomic E-state index is 13.7. The van der Waals surface area contributed by atoms with Crippen LogP contribution in [-0.4, -0.2) is 86.8 Å². The van der Waals surface area contributed by atoms with Gasteiger partial charge in [0.2, 0.25) is 11.8 Å². The molecule has 5 N–H and O–H groups in total. The summed E-state index contributed by atoms with van der Waals surface area (Å²) in [6, 6.07) is -1.16. The number of carboxylic acid groups (broad SMARTS) is 1. The number of amides is 2. The number of hydrogen-bond acceptors (Lipinski definition) is 7. The lowest BCUT2D eigenvalue weighted by molar-refractivity contribution is -0.231. The van der Waals surface area contributed by atoms with Gasteiger partial charge in [0.15, 0.2) is 6.23 Å². The number of carbonyl (C=O) groups excluding carboxylic acids is 2. The molecular weight excluding hydrogens is 612 g/mol. The zero-order valence-electron chi connectivity index (χ0n) is 30.6. The summed E-state index contributed by atoms with van der Waals surface area (Å²) in [4.78, 5) is 38.9. The van der Waals surface area contributed by atoms with Gasteiger partial charge in [0, 0.05) is 19.4 Å². The lowest BCUT2D eigenvalue weighted by atomic mass is 9.94.